The van der Waals surface area contributed by atoms with Crippen LogP contribution in [0.2, 0.25) is 0 Å². The maximum atomic E-state index is 12.2. The van der Waals surface area contributed by atoms with Crippen LogP contribution in [0.1, 0.15) is 59.3 Å². The lowest BCUT2D eigenvalue weighted by atomic mass is 9.70. The van der Waals surface area contributed by atoms with Crippen molar-refractivity contribution in [2.75, 3.05) is 12.9 Å². The summed E-state index contributed by atoms with van der Waals surface area (Å²) in [6.07, 6.45) is 4.65. The third-order valence-corrected chi connectivity index (χ3v) is 5.72. The topological polar surface area (TPSA) is 72.5 Å². The van der Waals surface area contributed by atoms with Gasteiger partial charge in [-0.25, -0.2) is 13.1 Å². The molecule has 1 rings (SSSR count). The number of esters is 1. The molecule has 2 atom stereocenters. The molecule has 0 spiro atoms. The first-order valence-electron chi connectivity index (χ1n) is 7.72. The maximum absolute atomic E-state index is 12.2. The highest BCUT2D eigenvalue weighted by Gasteiger charge is 2.35. The van der Waals surface area contributed by atoms with Crippen molar-refractivity contribution >= 4 is 16.0 Å². The molecule has 1 fully saturated rings. The van der Waals surface area contributed by atoms with Crippen molar-refractivity contribution in [1.82, 2.24) is 4.72 Å². The van der Waals surface area contributed by atoms with Gasteiger partial charge in [0, 0.05) is 12.5 Å². The minimum atomic E-state index is -3.34. The molecule has 5 nitrogen and oxygen atoms in total. The van der Waals surface area contributed by atoms with Gasteiger partial charge >= 0.3 is 5.97 Å². The lowest BCUT2D eigenvalue weighted by Crippen LogP contribution is -2.47. The maximum Gasteiger partial charge on any atom is 0.305 e. The molecule has 0 aliphatic heterocycles. The van der Waals surface area contributed by atoms with Crippen molar-refractivity contribution < 1.29 is 17.9 Å². The molecule has 1 aliphatic carbocycles. The first kappa shape index (κ1) is 18.4. The van der Waals surface area contributed by atoms with Crippen LogP contribution < -0.4 is 4.72 Å². The SMILES string of the molecule is COC(=O)CCCS(=O)(=O)NC1CCCCC1C(C)(C)C. The minimum absolute atomic E-state index is 0.0156. The quantitative estimate of drug-likeness (QED) is 0.763. The Morgan fingerprint density at radius 1 is 1.24 bits per heavy atom. The van der Waals surface area contributed by atoms with Crippen LogP contribution in [0.4, 0.5) is 0 Å². The first-order valence-corrected chi connectivity index (χ1v) is 9.38. The van der Waals surface area contributed by atoms with E-state index in [1.165, 1.54) is 13.5 Å². The van der Waals surface area contributed by atoms with Gasteiger partial charge < -0.3 is 4.74 Å². The summed E-state index contributed by atoms with van der Waals surface area (Å²) in [4.78, 5) is 11.0. The molecule has 0 radical (unpaired) electrons. The zero-order chi connectivity index (χ0) is 16.1. The third-order valence-electron chi connectivity index (χ3n) is 4.23. The van der Waals surface area contributed by atoms with E-state index in [2.05, 4.69) is 30.2 Å². The lowest BCUT2D eigenvalue weighted by molar-refractivity contribution is -0.140. The zero-order valence-corrected chi connectivity index (χ0v) is 14.5. The average molecular weight is 319 g/mol. The molecule has 0 bridgehead atoms. The molecule has 0 heterocycles. The molecule has 0 saturated heterocycles. The molecule has 0 aromatic heterocycles. The Morgan fingerprint density at radius 3 is 2.43 bits per heavy atom. The van der Waals surface area contributed by atoms with Crippen LogP contribution in [0, 0.1) is 11.3 Å². The first-order chi connectivity index (χ1) is 9.65. The second-order valence-corrected chi connectivity index (χ2v) is 8.85. The molecular formula is C15H29NO4S. The van der Waals surface area contributed by atoms with Crippen molar-refractivity contribution in [3.63, 3.8) is 0 Å². The number of hydrogen-bond acceptors (Lipinski definition) is 4. The molecule has 6 heteroatoms. The van der Waals surface area contributed by atoms with E-state index in [9.17, 15) is 13.2 Å². The Hall–Kier alpha value is -0.620. The number of carbonyl (C=O) groups excluding carboxylic acids is 1. The predicted molar refractivity (Wildman–Crippen MR) is 83.4 cm³/mol. The number of sulfonamides is 1. The van der Waals surface area contributed by atoms with E-state index in [1.54, 1.807) is 0 Å². The number of ether oxygens (including phenoxy) is 1. The van der Waals surface area contributed by atoms with E-state index >= 15 is 0 Å². The van der Waals surface area contributed by atoms with E-state index in [-0.39, 0.29) is 29.6 Å². The lowest BCUT2D eigenvalue weighted by Gasteiger charge is -2.40. The molecule has 1 N–H and O–H groups in total. The van der Waals surface area contributed by atoms with Gasteiger partial charge in [-0.05, 0) is 30.6 Å². The molecule has 1 saturated carbocycles. The highest BCUT2D eigenvalue weighted by atomic mass is 32.2. The molecule has 0 amide bonds. The van der Waals surface area contributed by atoms with E-state index in [4.69, 9.17) is 0 Å². The molecular weight excluding hydrogens is 290 g/mol. The monoisotopic (exact) mass is 319 g/mol. The van der Waals surface area contributed by atoms with Crippen molar-refractivity contribution in [3.05, 3.63) is 0 Å². The fourth-order valence-corrected chi connectivity index (χ4v) is 4.49. The van der Waals surface area contributed by atoms with Crippen molar-refractivity contribution in [3.8, 4) is 0 Å². The Balaban J connectivity index is 2.57. The smallest absolute Gasteiger partial charge is 0.305 e. The minimum Gasteiger partial charge on any atom is -0.469 e. The van der Waals surface area contributed by atoms with Gasteiger partial charge in [-0.15, -0.1) is 0 Å². The number of methoxy groups -OCH3 is 1. The normalized spacial score (nSPS) is 23.8. The summed E-state index contributed by atoms with van der Waals surface area (Å²) in [5.74, 6) is -0.0211. The summed E-state index contributed by atoms with van der Waals surface area (Å²) in [5.41, 5.74) is 0.0968. The summed E-state index contributed by atoms with van der Waals surface area (Å²) in [5, 5.41) is 0. The third kappa shape index (κ3) is 6.34. The van der Waals surface area contributed by atoms with Crippen molar-refractivity contribution in [2.24, 2.45) is 11.3 Å². The fraction of sp³-hybridized carbons (Fsp3) is 0.933. The largest absolute Gasteiger partial charge is 0.469 e. The highest BCUT2D eigenvalue weighted by molar-refractivity contribution is 7.89. The molecule has 124 valence electrons. The molecule has 1 aliphatic rings. The van der Waals surface area contributed by atoms with Crippen LogP contribution in [-0.4, -0.2) is 33.3 Å². The van der Waals surface area contributed by atoms with Gasteiger partial charge in [0.2, 0.25) is 10.0 Å². The number of hydrogen-bond donors (Lipinski definition) is 1. The Bertz CT molecular complexity index is 439. The Labute approximate surface area is 128 Å². The average Bonchev–Trinajstić information content (AvgIpc) is 2.37. The Morgan fingerprint density at radius 2 is 1.86 bits per heavy atom. The fourth-order valence-electron chi connectivity index (χ4n) is 3.11. The highest BCUT2D eigenvalue weighted by Crippen LogP contribution is 2.38. The summed E-state index contributed by atoms with van der Waals surface area (Å²) in [6, 6.07) is 0.0156. The molecule has 21 heavy (non-hydrogen) atoms. The van der Waals surface area contributed by atoms with E-state index in [0.29, 0.717) is 12.3 Å². The van der Waals surface area contributed by atoms with Gasteiger partial charge in [-0.1, -0.05) is 33.6 Å². The van der Waals surface area contributed by atoms with Gasteiger partial charge in [0.1, 0.15) is 0 Å². The number of nitrogens with one attached hydrogen (secondary N) is 1. The summed E-state index contributed by atoms with van der Waals surface area (Å²) in [6.45, 7) is 6.50. The summed E-state index contributed by atoms with van der Waals surface area (Å²) in [7, 11) is -2.03. The van der Waals surface area contributed by atoms with Gasteiger partial charge in [0.25, 0.3) is 0 Å². The summed E-state index contributed by atoms with van der Waals surface area (Å²) >= 11 is 0. The second-order valence-electron chi connectivity index (χ2n) is 6.98. The standard InChI is InChI=1S/C15H29NO4S/c1-15(2,3)12-8-5-6-9-13(12)16-21(18,19)11-7-10-14(17)20-4/h12-13,16H,5-11H2,1-4H3. The van der Waals surface area contributed by atoms with Crippen molar-refractivity contribution in [2.45, 2.75) is 65.3 Å². The van der Waals surface area contributed by atoms with E-state index in [0.717, 1.165) is 19.3 Å². The van der Waals surface area contributed by atoms with Gasteiger partial charge in [-0.2, -0.15) is 0 Å². The summed E-state index contributed by atoms with van der Waals surface area (Å²) < 4.78 is 31.7. The zero-order valence-electron chi connectivity index (χ0n) is 13.6. The van der Waals surface area contributed by atoms with Crippen LogP contribution in [0.3, 0.4) is 0 Å². The van der Waals surface area contributed by atoms with Gasteiger partial charge in [0.15, 0.2) is 0 Å². The van der Waals surface area contributed by atoms with Crippen LogP contribution in [0.15, 0.2) is 0 Å². The predicted octanol–water partition coefficient (Wildman–Crippen LogP) is 2.46. The van der Waals surface area contributed by atoms with Crippen LogP contribution >= 0.6 is 0 Å². The number of carbonyl (C=O) groups is 1. The molecule has 0 aromatic carbocycles. The van der Waals surface area contributed by atoms with Crippen LogP contribution in [0.5, 0.6) is 0 Å². The Kier molecular flexibility index (Phi) is 6.66. The number of rotatable bonds is 6. The second kappa shape index (κ2) is 7.58. The van der Waals surface area contributed by atoms with E-state index < -0.39 is 10.0 Å². The molecule has 0 aromatic rings. The van der Waals surface area contributed by atoms with Crippen molar-refractivity contribution in [1.29, 1.82) is 0 Å². The van der Waals surface area contributed by atoms with Gasteiger partial charge in [0.05, 0.1) is 12.9 Å². The van der Waals surface area contributed by atoms with E-state index in [1.807, 2.05) is 0 Å². The molecule has 2 unspecified atom stereocenters. The van der Waals surface area contributed by atoms with Gasteiger partial charge in [-0.3, -0.25) is 4.79 Å². The van der Waals surface area contributed by atoms with Crippen LogP contribution in [-0.2, 0) is 19.6 Å². The van der Waals surface area contributed by atoms with Crippen LogP contribution in [0.25, 0.3) is 0 Å².